The largest absolute Gasteiger partial charge is 0.344 e. The van der Waals surface area contributed by atoms with E-state index in [0.717, 1.165) is 5.56 Å². The van der Waals surface area contributed by atoms with Gasteiger partial charge in [-0.2, -0.15) is 5.26 Å². The van der Waals surface area contributed by atoms with Crippen LogP contribution in [0.3, 0.4) is 0 Å². The number of benzene rings is 1. The summed E-state index contributed by atoms with van der Waals surface area (Å²) in [7, 11) is 0. The Balaban J connectivity index is 2.66. The Morgan fingerprint density at radius 3 is 2.62 bits per heavy atom. The van der Waals surface area contributed by atoms with Crippen molar-refractivity contribution in [1.29, 1.82) is 5.26 Å². The van der Waals surface area contributed by atoms with Crippen molar-refractivity contribution in [2.45, 2.75) is 33.2 Å². The van der Waals surface area contributed by atoms with Gasteiger partial charge in [0.2, 0.25) is 5.91 Å². The Labute approximate surface area is 131 Å². The highest BCUT2D eigenvalue weighted by molar-refractivity contribution is 7.80. The van der Waals surface area contributed by atoms with Crippen molar-refractivity contribution in [3.63, 3.8) is 0 Å². The minimum Gasteiger partial charge on any atom is -0.344 e. The topological polar surface area (TPSA) is 56.1 Å². The van der Waals surface area contributed by atoms with E-state index in [1.807, 2.05) is 49.1 Å². The van der Waals surface area contributed by atoms with Crippen molar-refractivity contribution in [2.24, 2.45) is 5.92 Å². The zero-order chi connectivity index (χ0) is 15.7. The highest BCUT2D eigenvalue weighted by Crippen LogP contribution is 2.06. The van der Waals surface area contributed by atoms with Gasteiger partial charge in [0.1, 0.15) is 0 Å². The van der Waals surface area contributed by atoms with Gasteiger partial charge in [0.15, 0.2) is 5.11 Å². The van der Waals surface area contributed by atoms with Crippen LogP contribution in [0, 0.1) is 17.2 Å². The predicted molar refractivity (Wildman–Crippen MR) is 87.3 cm³/mol. The molecule has 0 aromatic heterocycles. The summed E-state index contributed by atoms with van der Waals surface area (Å²) in [6.45, 7) is 5.07. The van der Waals surface area contributed by atoms with Gasteiger partial charge in [-0.1, -0.05) is 44.2 Å². The normalized spacial score (nSPS) is 10.0. The van der Waals surface area contributed by atoms with Crippen molar-refractivity contribution in [3.8, 4) is 6.07 Å². The van der Waals surface area contributed by atoms with E-state index in [4.69, 9.17) is 17.5 Å². The predicted octanol–water partition coefficient (Wildman–Crippen LogP) is 2.85. The van der Waals surface area contributed by atoms with E-state index in [9.17, 15) is 4.79 Å². The second kappa shape index (κ2) is 9.09. The molecule has 1 amide bonds. The molecule has 0 aliphatic heterocycles. The minimum absolute atomic E-state index is 0.0787. The second-order valence-corrected chi connectivity index (χ2v) is 5.65. The monoisotopic (exact) mass is 303 g/mol. The maximum absolute atomic E-state index is 11.8. The molecule has 0 radical (unpaired) electrons. The van der Waals surface area contributed by atoms with Crippen LogP contribution >= 0.6 is 12.2 Å². The van der Waals surface area contributed by atoms with Crippen molar-refractivity contribution in [1.82, 2.24) is 10.2 Å². The number of nitriles is 1. The Bertz CT molecular complexity index is 508. The first-order valence-electron chi connectivity index (χ1n) is 7.02. The maximum atomic E-state index is 11.8. The van der Waals surface area contributed by atoms with E-state index in [0.29, 0.717) is 31.0 Å². The lowest BCUT2D eigenvalue weighted by molar-refractivity contribution is -0.120. The fourth-order valence-electron chi connectivity index (χ4n) is 1.86. The number of nitrogens with zero attached hydrogens (tertiary/aromatic N) is 2. The molecule has 0 unspecified atom stereocenters. The molecule has 1 aromatic rings. The Morgan fingerprint density at radius 2 is 2.05 bits per heavy atom. The Kier molecular flexibility index (Phi) is 7.41. The third-order valence-corrected chi connectivity index (χ3v) is 3.20. The van der Waals surface area contributed by atoms with Gasteiger partial charge in [0.25, 0.3) is 0 Å². The molecule has 0 fully saturated rings. The van der Waals surface area contributed by atoms with Crippen molar-refractivity contribution < 1.29 is 4.79 Å². The molecule has 0 aliphatic carbocycles. The first-order valence-corrected chi connectivity index (χ1v) is 7.43. The van der Waals surface area contributed by atoms with E-state index in [2.05, 4.69) is 11.4 Å². The molecule has 21 heavy (non-hydrogen) atoms. The van der Waals surface area contributed by atoms with Crippen LogP contribution in [0.15, 0.2) is 30.3 Å². The summed E-state index contributed by atoms with van der Waals surface area (Å²) in [4.78, 5) is 13.7. The van der Waals surface area contributed by atoms with Gasteiger partial charge in [-0.3, -0.25) is 4.79 Å². The van der Waals surface area contributed by atoms with Crippen LogP contribution in [-0.4, -0.2) is 22.5 Å². The van der Waals surface area contributed by atoms with Gasteiger partial charge in [0, 0.05) is 19.5 Å². The van der Waals surface area contributed by atoms with Gasteiger partial charge >= 0.3 is 0 Å². The number of carbonyl (C=O) groups is 1. The first kappa shape index (κ1) is 17.1. The van der Waals surface area contributed by atoms with E-state index in [1.54, 1.807) is 0 Å². The summed E-state index contributed by atoms with van der Waals surface area (Å²) in [6, 6.07) is 12.0. The average Bonchev–Trinajstić information content (AvgIpc) is 2.43. The van der Waals surface area contributed by atoms with Gasteiger partial charge in [-0.25, -0.2) is 0 Å². The average molecular weight is 303 g/mol. The SMILES string of the molecule is CC(C)CC(=O)NC(=S)N(CCC#N)Cc1ccccc1. The van der Waals surface area contributed by atoms with Crippen molar-refractivity contribution in [2.75, 3.05) is 6.54 Å². The van der Waals surface area contributed by atoms with Crippen LogP contribution in [0.4, 0.5) is 0 Å². The maximum Gasteiger partial charge on any atom is 0.226 e. The number of rotatable bonds is 6. The molecule has 0 spiro atoms. The van der Waals surface area contributed by atoms with Gasteiger partial charge in [0.05, 0.1) is 12.5 Å². The molecule has 1 rings (SSSR count). The van der Waals surface area contributed by atoms with E-state index in [-0.39, 0.29) is 11.8 Å². The molecule has 0 heterocycles. The summed E-state index contributed by atoms with van der Waals surface area (Å²) >= 11 is 5.30. The first-order chi connectivity index (χ1) is 10.0. The summed E-state index contributed by atoms with van der Waals surface area (Å²) in [5.74, 6) is 0.208. The van der Waals surface area contributed by atoms with Gasteiger partial charge in [-0.15, -0.1) is 0 Å². The molecule has 5 heteroatoms. The molecule has 112 valence electrons. The Morgan fingerprint density at radius 1 is 1.38 bits per heavy atom. The summed E-state index contributed by atoms with van der Waals surface area (Å²) in [6.07, 6.45) is 0.810. The fraction of sp³-hybridized carbons (Fsp3) is 0.438. The molecule has 0 bridgehead atoms. The zero-order valence-electron chi connectivity index (χ0n) is 12.5. The fourth-order valence-corrected chi connectivity index (χ4v) is 2.13. The lowest BCUT2D eigenvalue weighted by atomic mass is 10.1. The summed E-state index contributed by atoms with van der Waals surface area (Å²) in [5, 5.41) is 11.9. The van der Waals surface area contributed by atoms with Crippen LogP contribution in [0.2, 0.25) is 0 Å². The number of carbonyl (C=O) groups excluding carboxylic acids is 1. The van der Waals surface area contributed by atoms with Crippen LogP contribution in [0.1, 0.15) is 32.3 Å². The molecule has 4 nitrogen and oxygen atoms in total. The number of thiocarbonyl (C=S) groups is 1. The molecule has 0 saturated heterocycles. The third-order valence-electron chi connectivity index (χ3n) is 2.84. The number of hydrogen-bond donors (Lipinski definition) is 1. The molecule has 1 aromatic carbocycles. The lowest BCUT2D eigenvalue weighted by Crippen LogP contribution is -2.43. The van der Waals surface area contributed by atoms with Crippen LogP contribution in [0.25, 0.3) is 0 Å². The van der Waals surface area contributed by atoms with Crippen LogP contribution in [0.5, 0.6) is 0 Å². The smallest absolute Gasteiger partial charge is 0.226 e. The van der Waals surface area contributed by atoms with Gasteiger partial charge in [-0.05, 0) is 23.7 Å². The van der Waals surface area contributed by atoms with Crippen LogP contribution < -0.4 is 5.32 Å². The molecular weight excluding hydrogens is 282 g/mol. The van der Waals surface area contributed by atoms with Gasteiger partial charge < -0.3 is 10.2 Å². The Hall–Kier alpha value is -1.93. The molecule has 0 aliphatic rings. The van der Waals surface area contributed by atoms with E-state index in [1.165, 1.54) is 0 Å². The molecule has 0 saturated carbocycles. The van der Waals surface area contributed by atoms with Crippen molar-refractivity contribution >= 4 is 23.2 Å². The van der Waals surface area contributed by atoms with Crippen molar-refractivity contribution in [3.05, 3.63) is 35.9 Å². The van der Waals surface area contributed by atoms with E-state index < -0.39 is 0 Å². The second-order valence-electron chi connectivity index (χ2n) is 5.27. The highest BCUT2D eigenvalue weighted by atomic mass is 32.1. The number of hydrogen-bond acceptors (Lipinski definition) is 3. The third kappa shape index (κ3) is 6.87. The molecular formula is C16H21N3OS. The summed E-state index contributed by atoms with van der Waals surface area (Å²) in [5.41, 5.74) is 1.09. The highest BCUT2D eigenvalue weighted by Gasteiger charge is 2.13. The molecule has 0 atom stereocenters. The number of amides is 1. The van der Waals surface area contributed by atoms with Crippen LogP contribution in [-0.2, 0) is 11.3 Å². The zero-order valence-corrected chi connectivity index (χ0v) is 13.3. The standard InChI is InChI=1S/C16H21N3OS/c1-13(2)11-15(20)18-16(21)19(10-6-9-17)12-14-7-4-3-5-8-14/h3-5,7-8,13H,6,10-12H2,1-2H3,(H,18,20,21). The lowest BCUT2D eigenvalue weighted by Gasteiger charge is -2.24. The summed E-state index contributed by atoms with van der Waals surface area (Å²) < 4.78 is 0. The quantitative estimate of drug-likeness (QED) is 0.821. The number of nitrogens with one attached hydrogen (secondary N) is 1. The molecule has 1 N–H and O–H groups in total. The van der Waals surface area contributed by atoms with E-state index >= 15 is 0 Å². The minimum atomic E-state index is -0.0787.